The Labute approximate surface area is 103 Å². The molecule has 0 nitrogen and oxygen atoms in total. The third-order valence-electron chi connectivity index (χ3n) is 2.13. The third-order valence-corrected chi connectivity index (χ3v) is 2.13. The summed E-state index contributed by atoms with van der Waals surface area (Å²) in [6.45, 7) is 8.42. The summed E-state index contributed by atoms with van der Waals surface area (Å²) in [5.74, 6) is 0. The topological polar surface area (TPSA) is 0 Å². The van der Waals surface area contributed by atoms with Gasteiger partial charge in [0.2, 0.25) is 0 Å². The van der Waals surface area contributed by atoms with Gasteiger partial charge in [-0.3, -0.25) is 0 Å². The molecule has 1 heteroatoms. The van der Waals surface area contributed by atoms with Crippen LogP contribution < -0.4 is 0 Å². The molecule has 0 atom stereocenters. The molecule has 0 unspecified atom stereocenters. The normalized spacial score (nSPS) is 8.80. The summed E-state index contributed by atoms with van der Waals surface area (Å²) in [7, 11) is 0. The van der Waals surface area contributed by atoms with E-state index in [-0.39, 0.29) is 16.5 Å². The van der Waals surface area contributed by atoms with Crippen molar-refractivity contribution in [3.05, 3.63) is 58.7 Å². The van der Waals surface area contributed by atoms with Crippen LogP contribution in [0.2, 0.25) is 0 Å². The van der Waals surface area contributed by atoms with Crippen molar-refractivity contribution in [1.29, 1.82) is 0 Å². The zero-order chi connectivity index (χ0) is 10.6. The Morgan fingerprint density at radius 3 is 1.20 bits per heavy atom. The smallest absolute Gasteiger partial charge is 0.211 e. The van der Waals surface area contributed by atoms with E-state index in [0.717, 1.165) is 0 Å². The van der Waals surface area contributed by atoms with Crippen LogP contribution in [-0.4, -0.2) is 0 Å². The number of rotatable bonds is 0. The Morgan fingerprint density at radius 1 is 0.800 bits per heavy atom. The molecule has 0 fully saturated rings. The van der Waals surface area contributed by atoms with Crippen molar-refractivity contribution in [1.82, 2.24) is 0 Å². The second-order valence-electron chi connectivity index (χ2n) is 3.93. The van der Waals surface area contributed by atoms with E-state index < -0.39 is 0 Å². The summed E-state index contributed by atoms with van der Waals surface area (Å²) in [6.07, 6.45) is 0. The van der Waals surface area contributed by atoms with E-state index in [1.54, 1.807) is 0 Å². The maximum atomic E-state index is 2.17. The van der Waals surface area contributed by atoms with Gasteiger partial charge in [0, 0.05) is 0 Å². The van der Waals surface area contributed by atoms with Crippen LogP contribution in [0.4, 0.5) is 0 Å². The van der Waals surface area contributed by atoms with Gasteiger partial charge in [-0.25, -0.2) is 23.3 Å². The molecule has 2 aromatic rings. The standard InChI is InChI=1S/2C7H9.Ni/c2*1-6-3-4-7(2)5-6;/h2*3-5H,1-2H3;/q2*-1;+2. The van der Waals surface area contributed by atoms with Crippen molar-refractivity contribution in [3.8, 4) is 0 Å². The van der Waals surface area contributed by atoms with Crippen LogP contribution in [0.25, 0.3) is 0 Å². The molecule has 0 heterocycles. The molecule has 84 valence electrons. The Balaban J connectivity index is 0.000000245. The van der Waals surface area contributed by atoms with Crippen molar-refractivity contribution in [2.75, 3.05) is 0 Å². The summed E-state index contributed by atoms with van der Waals surface area (Å²) in [4.78, 5) is 0. The maximum absolute atomic E-state index is 2.17. The molecule has 0 saturated heterocycles. The minimum atomic E-state index is 0. The van der Waals surface area contributed by atoms with E-state index in [2.05, 4.69) is 64.1 Å². The second-order valence-corrected chi connectivity index (χ2v) is 3.93. The summed E-state index contributed by atoms with van der Waals surface area (Å²) in [5, 5.41) is 0. The molecule has 0 spiro atoms. The van der Waals surface area contributed by atoms with E-state index in [9.17, 15) is 0 Å². The molecular formula is C14H18Ni. The zero-order valence-corrected chi connectivity index (χ0v) is 10.8. The molecular weight excluding hydrogens is 227 g/mol. The largest absolute Gasteiger partial charge is 2.00 e. The molecule has 2 rings (SSSR count). The summed E-state index contributed by atoms with van der Waals surface area (Å²) >= 11 is 0. The van der Waals surface area contributed by atoms with Crippen LogP contribution in [0.5, 0.6) is 0 Å². The molecule has 0 aliphatic rings. The fraction of sp³-hybridized carbons (Fsp3) is 0.286. The van der Waals surface area contributed by atoms with Gasteiger partial charge >= 0.3 is 16.5 Å². The third kappa shape index (κ3) is 5.59. The summed E-state index contributed by atoms with van der Waals surface area (Å²) in [5.41, 5.74) is 5.44. The van der Waals surface area contributed by atoms with Crippen molar-refractivity contribution < 1.29 is 16.5 Å². The van der Waals surface area contributed by atoms with E-state index >= 15 is 0 Å². The molecule has 0 N–H and O–H groups in total. The molecule has 0 aliphatic heterocycles. The van der Waals surface area contributed by atoms with Crippen molar-refractivity contribution in [3.63, 3.8) is 0 Å². The van der Waals surface area contributed by atoms with E-state index in [0.29, 0.717) is 0 Å². The van der Waals surface area contributed by atoms with Gasteiger partial charge in [0.15, 0.2) is 0 Å². The van der Waals surface area contributed by atoms with Crippen LogP contribution in [0.15, 0.2) is 36.4 Å². The van der Waals surface area contributed by atoms with E-state index in [1.807, 2.05) is 0 Å². The van der Waals surface area contributed by atoms with Crippen molar-refractivity contribution >= 4 is 0 Å². The van der Waals surface area contributed by atoms with Gasteiger partial charge in [0.25, 0.3) is 0 Å². The predicted octanol–water partition coefficient (Wildman–Crippen LogP) is 4.04. The van der Waals surface area contributed by atoms with Gasteiger partial charge in [-0.2, -0.15) is 35.4 Å². The summed E-state index contributed by atoms with van der Waals surface area (Å²) in [6, 6.07) is 12.8. The molecule has 0 amide bonds. The van der Waals surface area contributed by atoms with Crippen molar-refractivity contribution in [2.24, 2.45) is 0 Å². The monoisotopic (exact) mass is 244 g/mol. The van der Waals surface area contributed by atoms with Gasteiger partial charge in [-0.05, 0) is 0 Å². The van der Waals surface area contributed by atoms with E-state index in [4.69, 9.17) is 0 Å². The zero-order valence-electron chi connectivity index (χ0n) is 9.78. The van der Waals surface area contributed by atoms with Gasteiger partial charge in [-0.15, -0.1) is 0 Å². The average Bonchev–Trinajstić information content (AvgIpc) is 2.63. The van der Waals surface area contributed by atoms with Crippen LogP contribution >= 0.6 is 0 Å². The van der Waals surface area contributed by atoms with Gasteiger partial charge in [-0.1, -0.05) is 27.7 Å². The SMILES string of the molecule is Cc1cc[c-](C)c1.Cc1cc[c-](C)c1.[Ni+2]. The predicted molar refractivity (Wildman–Crippen MR) is 63.0 cm³/mol. The molecule has 0 bridgehead atoms. The van der Waals surface area contributed by atoms with E-state index in [1.165, 1.54) is 22.3 Å². The Morgan fingerprint density at radius 2 is 1.13 bits per heavy atom. The van der Waals surface area contributed by atoms with Crippen LogP contribution in [-0.2, 0) is 16.5 Å². The fourth-order valence-corrected chi connectivity index (χ4v) is 1.44. The first-order valence-electron chi connectivity index (χ1n) is 4.98. The molecule has 0 aromatic heterocycles. The second kappa shape index (κ2) is 6.64. The Hall–Kier alpha value is -0.806. The quantitative estimate of drug-likeness (QED) is 0.485. The average molecular weight is 245 g/mol. The first-order valence-corrected chi connectivity index (χ1v) is 4.98. The molecule has 0 radical (unpaired) electrons. The molecule has 0 saturated carbocycles. The Kier molecular flexibility index (Phi) is 6.28. The first kappa shape index (κ1) is 14.2. The van der Waals surface area contributed by atoms with Crippen molar-refractivity contribution in [2.45, 2.75) is 27.7 Å². The van der Waals surface area contributed by atoms with Gasteiger partial charge in [0.05, 0.1) is 0 Å². The first-order chi connectivity index (χ1) is 6.58. The van der Waals surface area contributed by atoms with Gasteiger partial charge < -0.3 is 0 Å². The summed E-state index contributed by atoms with van der Waals surface area (Å²) < 4.78 is 0. The minimum Gasteiger partial charge on any atom is -0.211 e. The number of hydrogen-bond donors (Lipinski definition) is 0. The van der Waals surface area contributed by atoms with Crippen LogP contribution in [0.3, 0.4) is 0 Å². The van der Waals surface area contributed by atoms with Crippen LogP contribution in [0.1, 0.15) is 22.3 Å². The molecule has 15 heavy (non-hydrogen) atoms. The van der Waals surface area contributed by atoms with Gasteiger partial charge in [0.1, 0.15) is 0 Å². The van der Waals surface area contributed by atoms with Crippen LogP contribution in [0, 0.1) is 27.7 Å². The molecule has 0 aliphatic carbocycles. The fourth-order valence-electron chi connectivity index (χ4n) is 1.44. The molecule has 2 aromatic carbocycles. The number of aryl methyl sites for hydroxylation is 4. The maximum Gasteiger partial charge on any atom is 2.00 e. The Bertz CT molecular complexity index is 308. The minimum absolute atomic E-state index is 0. The number of hydrogen-bond acceptors (Lipinski definition) is 0.